The fraction of sp³-hybridized carbons (Fsp3) is 0.200. The molecule has 1 heteroatoms. The van der Waals surface area contributed by atoms with Crippen molar-refractivity contribution < 1.29 is 4.79 Å². The first-order valence-corrected chi connectivity index (χ1v) is 5.64. The largest absolute Gasteiger partial charge is 0.298 e. The van der Waals surface area contributed by atoms with E-state index in [4.69, 9.17) is 0 Å². The average molecular weight is 211 g/mol. The van der Waals surface area contributed by atoms with Crippen molar-refractivity contribution in [2.75, 3.05) is 0 Å². The van der Waals surface area contributed by atoms with Crippen LogP contribution in [-0.4, -0.2) is 6.29 Å². The summed E-state index contributed by atoms with van der Waals surface area (Å²) < 4.78 is 0. The molecule has 0 heterocycles. The SMILES string of the molecule is CCc1c(C=O)cccc1C1=CC[CH]C=C1. The molecule has 1 aliphatic rings. The average Bonchev–Trinajstić information content (AvgIpc) is 2.38. The van der Waals surface area contributed by atoms with Gasteiger partial charge in [-0.2, -0.15) is 0 Å². The van der Waals surface area contributed by atoms with Crippen LogP contribution in [0.3, 0.4) is 0 Å². The Bertz CT molecular complexity index is 453. The number of hydrogen-bond donors (Lipinski definition) is 0. The molecule has 1 aliphatic carbocycles. The van der Waals surface area contributed by atoms with E-state index in [1.807, 2.05) is 12.1 Å². The fourth-order valence-electron chi connectivity index (χ4n) is 2.09. The van der Waals surface area contributed by atoms with E-state index in [9.17, 15) is 4.79 Å². The molecule has 0 atom stereocenters. The minimum atomic E-state index is 0.809. The maximum atomic E-state index is 11.0. The maximum Gasteiger partial charge on any atom is 0.150 e. The van der Waals surface area contributed by atoms with Gasteiger partial charge in [-0.05, 0) is 36.0 Å². The van der Waals surface area contributed by atoms with Gasteiger partial charge in [-0.15, -0.1) is 0 Å². The van der Waals surface area contributed by atoms with Crippen LogP contribution in [-0.2, 0) is 6.42 Å². The first kappa shape index (κ1) is 10.9. The summed E-state index contributed by atoms with van der Waals surface area (Å²) >= 11 is 0. The Hall–Kier alpha value is -1.63. The van der Waals surface area contributed by atoms with Crippen LogP contribution < -0.4 is 0 Å². The summed E-state index contributed by atoms with van der Waals surface area (Å²) in [4.78, 5) is 11.0. The number of benzene rings is 1. The predicted octanol–water partition coefficient (Wildman–Crippen LogP) is 3.61. The fourth-order valence-corrected chi connectivity index (χ4v) is 2.09. The summed E-state index contributed by atoms with van der Waals surface area (Å²) in [5.74, 6) is 0. The van der Waals surface area contributed by atoms with Crippen molar-refractivity contribution in [3.63, 3.8) is 0 Å². The molecule has 0 bridgehead atoms. The lowest BCUT2D eigenvalue weighted by Gasteiger charge is -2.13. The van der Waals surface area contributed by atoms with Gasteiger partial charge in [0.05, 0.1) is 0 Å². The highest BCUT2D eigenvalue weighted by molar-refractivity contribution is 5.84. The Morgan fingerprint density at radius 2 is 2.25 bits per heavy atom. The van der Waals surface area contributed by atoms with Gasteiger partial charge in [0, 0.05) is 5.56 Å². The Morgan fingerprint density at radius 3 is 2.88 bits per heavy atom. The number of carbonyl (C=O) groups excluding carboxylic acids is 1. The molecule has 0 N–H and O–H groups in total. The van der Waals surface area contributed by atoms with Crippen LogP contribution in [0.15, 0.2) is 36.4 Å². The Balaban J connectivity index is 2.51. The van der Waals surface area contributed by atoms with Crippen molar-refractivity contribution in [2.24, 2.45) is 0 Å². The van der Waals surface area contributed by atoms with Gasteiger partial charge >= 0.3 is 0 Å². The molecular formula is C15H15O. The lowest BCUT2D eigenvalue weighted by Crippen LogP contribution is -1.98. The molecule has 1 radical (unpaired) electrons. The second kappa shape index (κ2) is 4.93. The van der Waals surface area contributed by atoms with Crippen LogP contribution in [0.4, 0.5) is 0 Å². The molecule has 0 spiro atoms. The van der Waals surface area contributed by atoms with E-state index >= 15 is 0 Å². The summed E-state index contributed by atoms with van der Waals surface area (Å²) in [5.41, 5.74) is 4.37. The molecule has 1 aromatic rings. The molecule has 81 valence electrons. The highest BCUT2D eigenvalue weighted by atomic mass is 16.1. The minimum absolute atomic E-state index is 0.809. The van der Waals surface area contributed by atoms with E-state index in [1.54, 1.807) is 0 Å². The Labute approximate surface area is 96.5 Å². The number of rotatable bonds is 3. The number of aldehydes is 1. The zero-order valence-corrected chi connectivity index (χ0v) is 9.44. The molecule has 0 amide bonds. The van der Waals surface area contributed by atoms with Crippen LogP contribution in [0, 0.1) is 6.42 Å². The standard InChI is InChI=1S/C15H15O/c1-2-14-13(11-16)9-6-10-15(14)12-7-4-3-5-8-12/h3-4,6-11H,2,5H2,1H3. The maximum absolute atomic E-state index is 11.0. The third kappa shape index (κ3) is 1.99. The number of hydrogen-bond acceptors (Lipinski definition) is 1. The lowest BCUT2D eigenvalue weighted by atomic mass is 9.91. The molecule has 1 nitrogen and oxygen atoms in total. The molecule has 0 saturated carbocycles. The summed E-state index contributed by atoms with van der Waals surface area (Å²) in [7, 11) is 0. The van der Waals surface area contributed by atoms with Gasteiger partial charge in [-0.3, -0.25) is 4.79 Å². The normalized spacial score (nSPS) is 14.7. The third-order valence-corrected chi connectivity index (χ3v) is 2.89. The second-order valence-corrected chi connectivity index (χ2v) is 3.83. The number of carbonyl (C=O) groups is 1. The topological polar surface area (TPSA) is 17.1 Å². The highest BCUT2D eigenvalue weighted by Gasteiger charge is 2.09. The molecule has 1 aromatic carbocycles. The van der Waals surface area contributed by atoms with E-state index in [0.29, 0.717) is 0 Å². The van der Waals surface area contributed by atoms with Crippen LogP contribution >= 0.6 is 0 Å². The quantitative estimate of drug-likeness (QED) is 0.698. The molecule has 0 fully saturated rings. The summed E-state index contributed by atoms with van der Waals surface area (Å²) in [6.45, 7) is 2.09. The summed E-state index contributed by atoms with van der Waals surface area (Å²) in [6.07, 6.45) is 11.3. The second-order valence-electron chi connectivity index (χ2n) is 3.83. The molecule has 0 aromatic heterocycles. The summed E-state index contributed by atoms with van der Waals surface area (Å²) in [5, 5.41) is 0. The minimum Gasteiger partial charge on any atom is -0.298 e. The van der Waals surface area contributed by atoms with Crippen LogP contribution in [0.2, 0.25) is 0 Å². The van der Waals surface area contributed by atoms with Crippen molar-refractivity contribution in [2.45, 2.75) is 19.8 Å². The molecule has 2 rings (SSSR count). The van der Waals surface area contributed by atoms with E-state index in [2.05, 4.69) is 37.6 Å². The van der Waals surface area contributed by atoms with Gasteiger partial charge in [0.1, 0.15) is 6.29 Å². The zero-order chi connectivity index (χ0) is 11.4. The Morgan fingerprint density at radius 1 is 1.38 bits per heavy atom. The molecule has 0 aliphatic heterocycles. The van der Waals surface area contributed by atoms with Crippen LogP contribution in [0.5, 0.6) is 0 Å². The van der Waals surface area contributed by atoms with Gasteiger partial charge in [0.15, 0.2) is 0 Å². The van der Waals surface area contributed by atoms with Gasteiger partial charge in [0.25, 0.3) is 0 Å². The van der Waals surface area contributed by atoms with Crippen molar-refractivity contribution in [3.8, 4) is 0 Å². The number of allylic oxidation sites excluding steroid dienone is 4. The van der Waals surface area contributed by atoms with Crippen molar-refractivity contribution >= 4 is 11.9 Å². The van der Waals surface area contributed by atoms with Gasteiger partial charge < -0.3 is 0 Å². The van der Waals surface area contributed by atoms with E-state index in [1.165, 1.54) is 11.1 Å². The van der Waals surface area contributed by atoms with Crippen molar-refractivity contribution in [1.29, 1.82) is 0 Å². The van der Waals surface area contributed by atoms with E-state index in [-0.39, 0.29) is 0 Å². The monoisotopic (exact) mass is 211 g/mol. The molecule has 16 heavy (non-hydrogen) atoms. The molecule has 0 unspecified atom stereocenters. The van der Waals surface area contributed by atoms with E-state index in [0.717, 1.165) is 30.3 Å². The van der Waals surface area contributed by atoms with Gasteiger partial charge in [0.2, 0.25) is 0 Å². The Kier molecular flexibility index (Phi) is 3.35. The van der Waals surface area contributed by atoms with Crippen molar-refractivity contribution in [3.05, 3.63) is 59.5 Å². The van der Waals surface area contributed by atoms with Crippen LogP contribution in [0.1, 0.15) is 34.8 Å². The third-order valence-electron chi connectivity index (χ3n) is 2.89. The van der Waals surface area contributed by atoms with Gasteiger partial charge in [-0.25, -0.2) is 0 Å². The zero-order valence-electron chi connectivity index (χ0n) is 9.44. The highest BCUT2D eigenvalue weighted by Crippen LogP contribution is 2.26. The first-order chi connectivity index (χ1) is 7.86. The van der Waals surface area contributed by atoms with Crippen molar-refractivity contribution in [1.82, 2.24) is 0 Å². The van der Waals surface area contributed by atoms with Crippen LogP contribution in [0.25, 0.3) is 5.57 Å². The lowest BCUT2D eigenvalue weighted by molar-refractivity contribution is 0.112. The molecular weight excluding hydrogens is 196 g/mol. The van der Waals surface area contributed by atoms with E-state index < -0.39 is 0 Å². The molecule has 0 saturated heterocycles. The first-order valence-electron chi connectivity index (χ1n) is 5.64. The smallest absolute Gasteiger partial charge is 0.150 e. The predicted molar refractivity (Wildman–Crippen MR) is 67.2 cm³/mol. The summed E-state index contributed by atoms with van der Waals surface area (Å²) in [6, 6.07) is 5.92. The van der Waals surface area contributed by atoms with Gasteiger partial charge in [-0.1, -0.05) is 43.4 Å².